The van der Waals surface area contributed by atoms with Crippen molar-refractivity contribution in [2.75, 3.05) is 0 Å². The summed E-state index contributed by atoms with van der Waals surface area (Å²) < 4.78 is 6.85. The summed E-state index contributed by atoms with van der Waals surface area (Å²) in [4.78, 5) is 20.0. The lowest BCUT2D eigenvalue weighted by molar-refractivity contribution is -0.122. The van der Waals surface area contributed by atoms with Crippen LogP contribution >= 0.6 is 0 Å². The minimum absolute atomic E-state index is 0.0492. The summed E-state index contributed by atoms with van der Waals surface area (Å²) in [7, 11) is 0. The molecule has 2 heterocycles. The Balaban J connectivity index is 1.75. The Labute approximate surface area is 122 Å². The minimum atomic E-state index is -0.288. The number of carbonyl (C=O) groups is 1. The number of amides is 1. The van der Waals surface area contributed by atoms with Crippen molar-refractivity contribution in [2.24, 2.45) is 0 Å². The van der Waals surface area contributed by atoms with Gasteiger partial charge in [0.1, 0.15) is 18.7 Å². The second-order valence-corrected chi connectivity index (χ2v) is 5.20. The molecule has 114 valence electrons. The third-order valence-corrected chi connectivity index (χ3v) is 2.98. The average molecular weight is 292 g/mol. The predicted molar refractivity (Wildman–Crippen MR) is 74.2 cm³/mol. The zero-order valence-corrected chi connectivity index (χ0v) is 12.5. The first-order valence-electron chi connectivity index (χ1n) is 7.01. The van der Waals surface area contributed by atoms with Gasteiger partial charge in [-0.15, -0.1) is 0 Å². The molecule has 2 aromatic heterocycles. The lowest BCUT2D eigenvalue weighted by Gasteiger charge is -2.09. The van der Waals surface area contributed by atoms with E-state index in [1.807, 2.05) is 20.8 Å². The van der Waals surface area contributed by atoms with Gasteiger partial charge < -0.3 is 9.84 Å². The number of nitrogens with one attached hydrogen (secondary N) is 1. The number of hydrogen-bond donors (Lipinski definition) is 1. The average Bonchev–Trinajstić information content (AvgIpc) is 3.09. The van der Waals surface area contributed by atoms with Crippen molar-refractivity contribution >= 4 is 5.91 Å². The van der Waals surface area contributed by atoms with Crippen LogP contribution < -0.4 is 5.32 Å². The molecule has 0 aliphatic rings. The highest BCUT2D eigenvalue weighted by Crippen LogP contribution is 2.14. The van der Waals surface area contributed by atoms with Crippen molar-refractivity contribution in [2.45, 2.75) is 52.1 Å². The van der Waals surface area contributed by atoms with E-state index in [0.29, 0.717) is 31.1 Å². The van der Waals surface area contributed by atoms with Gasteiger partial charge in [0, 0.05) is 18.9 Å². The normalized spacial score (nSPS) is 12.6. The van der Waals surface area contributed by atoms with E-state index >= 15 is 0 Å². The second-order valence-electron chi connectivity index (χ2n) is 5.20. The molecule has 0 fully saturated rings. The van der Waals surface area contributed by atoms with E-state index in [0.717, 1.165) is 0 Å². The van der Waals surface area contributed by atoms with E-state index in [1.165, 1.54) is 6.33 Å². The Kier molecular flexibility index (Phi) is 5.02. The number of aryl methyl sites for hydroxylation is 1. The lowest BCUT2D eigenvalue weighted by Crippen LogP contribution is -2.26. The topological polar surface area (TPSA) is 98.7 Å². The molecule has 0 saturated heterocycles. The Morgan fingerprint density at radius 1 is 1.43 bits per heavy atom. The van der Waals surface area contributed by atoms with E-state index in [1.54, 1.807) is 11.0 Å². The smallest absolute Gasteiger partial charge is 0.248 e. The second kappa shape index (κ2) is 6.96. The molecule has 0 aliphatic carbocycles. The summed E-state index contributed by atoms with van der Waals surface area (Å²) in [6.45, 7) is 6.47. The molecule has 2 aromatic rings. The highest BCUT2D eigenvalue weighted by atomic mass is 16.5. The first-order chi connectivity index (χ1) is 10.1. The fourth-order valence-corrected chi connectivity index (χ4v) is 1.78. The van der Waals surface area contributed by atoms with E-state index in [2.05, 4.69) is 25.5 Å². The third kappa shape index (κ3) is 4.37. The van der Waals surface area contributed by atoms with E-state index in [4.69, 9.17) is 4.52 Å². The highest BCUT2D eigenvalue weighted by Gasteiger charge is 2.17. The molecule has 0 unspecified atom stereocenters. The minimum Gasteiger partial charge on any atom is -0.345 e. The standard InChI is InChI=1S/C13H20N6O2/c1-9(2)12-17-13(21-18-12)10(3)16-11(20)5-4-6-19-8-14-7-15-19/h7-10H,4-6H2,1-3H3,(H,16,20)/t10-/m1/s1. The van der Waals surface area contributed by atoms with Gasteiger partial charge >= 0.3 is 0 Å². The van der Waals surface area contributed by atoms with Gasteiger partial charge in [-0.1, -0.05) is 19.0 Å². The van der Waals surface area contributed by atoms with Gasteiger partial charge in [0.05, 0.1) is 0 Å². The quantitative estimate of drug-likeness (QED) is 0.829. The number of nitrogens with zero attached hydrogens (tertiary/aromatic N) is 5. The summed E-state index contributed by atoms with van der Waals surface area (Å²) in [6, 6.07) is -0.288. The van der Waals surface area contributed by atoms with Gasteiger partial charge in [-0.3, -0.25) is 9.48 Å². The van der Waals surface area contributed by atoms with Gasteiger partial charge in [-0.25, -0.2) is 4.98 Å². The van der Waals surface area contributed by atoms with Crippen LogP contribution in [0.3, 0.4) is 0 Å². The molecule has 1 atom stereocenters. The van der Waals surface area contributed by atoms with E-state index in [9.17, 15) is 4.79 Å². The molecule has 1 N–H and O–H groups in total. The maximum Gasteiger partial charge on any atom is 0.248 e. The van der Waals surface area contributed by atoms with Crippen molar-refractivity contribution in [3.8, 4) is 0 Å². The van der Waals surface area contributed by atoms with Crippen molar-refractivity contribution in [3.63, 3.8) is 0 Å². The van der Waals surface area contributed by atoms with Crippen molar-refractivity contribution in [1.82, 2.24) is 30.2 Å². The molecule has 0 spiro atoms. The summed E-state index contributed by atoms with van der Waals surface area (Å²) in [5.74, 6) is 1.24. The summed E-state index contributed by atoms with van der Waals surface area (Å²) in [5, 5.41) is 10.7. The molecule has 1 amide bonds. The molecular formula is C13H20N6O2. The highest BCUT2D eigenvalue weighted by molar-refractivity contribution is 5.76. The first kappa shape index (κ1) is 15.1. The van der Waals surface area contributed by atoms with E-state index in [-0.39, 0.29) is 17.9 Å². The van der Waals surface area contributed by atoms with Gasteiger partial charge in [0.15, 0.2) is 5.82 Å². The number of rotatable bonds is 7. The Morgan fingerprint density at radius 2 is 2.24 bits per heavy atom. The summed E-state index contributed by atoms with van der Waals surface area (Å²) >= 11 is 0. The maximum atomic E-state index is 11.8. The van der Waals surface area contributed by atoms with E-state index < -0.39 is 0 Å². The molecule has 0 aliphatic heterocycles. The molecule has 0 saturated carbocycles. The van der Waals surface area contributed by atoms with Gasteiger partial charge in [-0.2, -0.15) is 10.1 Å². The van der Waals surface area contributed by atoms with Crippen LogP contribution in [0.5, 0.6) is 0 Å². The van der Waals surface area contributed by atoms with Crippen LogP contribution in [-0.2, 0) is 11.3 Å². The van der Waals surface area contributed by atoms with Gasteiger partial charge in [0.25, 0.3) is 0 Å². The number of aromatic nitrogens is 5. The predicted octanol–water partition coefficient (Wildman–Crippen LogP) is 1.44. The van der Waals surface area contributed by atoms with Crippen LogP contribution in [0.15, 0.2) is 17.2 Å². The van der Waals surface area contributed by atoms with Crippen molar-refractivity contribution in [1.29, 1.82) is 0 Å². The molecule has 0 radical (unpaired) electrons. The molecule has 2 rings (SSSR count). The van der Waals surface area contributed by atoms with Gasteiger partial charge in [0.2, 0.25) is 11.8 Å². The van der Waals surface area contributed by atoms with Crippen LogP contribution in [0, 0.1) is 0 Å². The van der Waals surface area contributed by atoms with Crippen LogP contribution in [0.2, 0.25) is 0 Å². The molecule has 0 aromatic carbocycles. The van der Waals surface area contributed by atoms with Crippen LogP contribution in [0.4, 0.5) is 0 Å². The van der Waals surface area contributed by atoms with Crippen LogP contribution in [-0.4, -0.2) is 30.8 Å². The zero-order chi connectivity index (χ0) is 15.2. The zero-order valence-electron chi connectivity index (χ0n) is 12.5. The number of carbonyl (C=O) groups excluding carboxylic acids is 1. The SMILES string of the molecule is CC(C)c1noc([C@@H](C)NC(=O)CCCn2cncn2)n1. The monoisotopic (exact) mass is 292 g/mol. The lowest BCUT2D eigenvalue weighted by atomic mass is 10.2. The Bertz CT molecular complexity index is 563. The summed E-state index contributed by atoms with van der Waals surface area (Å²) in [5.41, 5.74) is 0. The number of hydrogen-bond acceptors (Lipinski definition) is 6. The van der Waals surface area contributed by atoms with Gasteiger partial charge in [-0.05, 0) is 13.3 Å². The molecule has 8 heteroatoms. The summed E-state index contributed by atoms with van der Waals surface area (Å²) in [6.07, 6.45) is 4.22. The molecular weight excluding hydrogens is 272 g/mol. The van der Waals surface area contributed by atoms with Crippen molar-refractivity contribution < 1.29 is 9.32 Å². The Morgan fingerprint density at radius 3 is 2.86 bits per heavy atom. The van der Waals surface area contributed by atoms with Crippen LogP contribution in [0.1, 0.15) is 57.3 Å². The molecule has 0 bridgehead atoms. The Hall–Kier alpha value is -2.25. The van der Waals surface area contributed by atoms with Crippen molar-refractivity contribution in [3.05, 3.63) is 24.4 Å². The molecule has 21 heavy (non-hydrogen) atoms. The molecule has 8 nitrogen and oxygen atoms in total. The largest absolute Gasteiger partial charge is 0.345 e. The fourth-order valence-electron chi connectivity index (χ4n) is 1.78. The first-order valence-corrected chi connectivity index (χ1v) is 7.01. The fraction of sp³-hybridized carbons (Fsp3) is 0.615. The maximum absolute atomic E-state index is 11.8. The third-order valence-electron chi connectivity index (χ3n) is 2.98. The van der Waals surface area contributed by atoms with Crippen LogP contribution in [0.25, 0.3) is 0 Å².